The van der Waals surface area contributed by atoms with E-state index in [9.17, 15) is 4.79 Å². The van der Waals surface area contributed by atoms with E-state index in [2.05, 4.69) is 15.3 Å². The standard InChI is InChI=1S/C14H25N5O/c1-10-12(13(15)20)14(18(3)17-10)19-8-5-11(6-9-19)4-7-16-2/h11,16H,4-9H2,1-3H3,(H2,15,20). The van der Waals surface area contributed by atoms with Crippen LogP contribution in [0.2, 0.25) is 0 Å². The highest BCUT2D eigenvalue weighted by Crippen LogP contribution is 2.28. The molecule has 0 bridgehead atoms. The fourth-order valence-electron chi connectivity index (χ4n) is 3.08. The Balaban J connectivity index is 2.09. The number of nitrogens with one attached hydrogen (secondary N) is 1. The minimum atomic E-state index is -0.386. The van der Waals surface area contributed by atoms with Crippen molar-refractivity contribution in [2.45, 2.75) is 26.2 Å². The lowest BCUT2D eigenvalue weighted by atomic mass is 9.93. The molecule has 2 rings (SSSR count). The number of piperidine rings is 1. The summed E-state index contributed by atoms with van der Waals surface area (Å²) in [4.78, 5) is 13.9. The van der Waals surface area contributed by atoms with Crippen molar-refractivity contribution in [3.8, 4) is 0 Å². The van der Waals surface area contributed by atoms with E-state index < -0.39 is 0 Å². The average Bonchev–Trinajstić information content (AvgIpc) is 2.72. The van der Waals surface area contributed by atoms with Crippen LogP contribution in [0.15, 0.2) is 0 Å². The van der Waals surface area contributed by atoms with Crippen LogP contribution in [0.3, 0.4) is 0 Å². The second kappa shape index (κ2) is 6.26. The summed E-state index contributed by atoms with van der Waals surface area (Å²) in [5.74, 6) is 1.26. The first-order valence-corrected chi connectivity index (χ1v) is 7.27. The SMILES string of the molecule is CNCCC1CCN(c2c(C(N)=O)c(C)nn2C)CC1. The molecule has 1 fully saturated rings. The van der Waals surface area contributed by atoms with Crippen molar-refractivity contribution in [3.63, 3.8) is 0 Å². The Morgan fingerprint density at radius 1 is 1.45 bits per heavy atom. The largest absolute Gasteiger partial charge is 0.365 e. The highest BCUT2D eigenvalue weighted by Gasteiger charge is 2.26. The summed E-state index contributed by atoms with van der Waals surface area (Å²) in [6, 6.07) is 0. The van der Waals surface area contributed by atoms with Gasteiger partial charge in [-0.3, -0.25) is 9.48 Å². The molecule has 1 aromatic rings. The minimum Gasteiger partial charge on any atom is -0.365 e. The molecule has 20 heavy (non-hydrogen) atoms. The molecule has 0 saturated carbocycles. The average molecular weight is 279 g/mol. The lowest BCUT2D eigenvalue weighted by Gasteiger charge is -2.33. The van der Waals surface area contributed by atoms with Gasteiger partial charge in [0.25, 0.3) is 5.91 Å². The van der Waals surface area contributed by atoms with Crippen LogP contribution < -0.4 is 16.0 Å². The number of nitrogens with two attached hydrogens (primary N) is 1. The number of carbonyl (C=O) groups is 1. The Labute approximate surface area is 120 Å². The zero-order valence-corrected chi connectivity index (χ0v) is 12.6. The Hall–Kier alpha value is -1.56. The van der Waals surface area contributed by atoms with Crippen molar-refractivity contribution in [2.24, 2.45) is 18.7 Å². The number of primary amides is 1. The lowest BCUT2D eigenvalue weighted by molar-refractivity contribution is 0.1000. The molecule has 0 aromatic carbocycles. The quantitative estimate of drug-likeness (QED) is 0.830. The molecule has 1 aliphatic heterocycles. The summed E-state index contributed by atoms with van der Waals surface area (Å²) < 4.78 is 1.78. The first-order chi connectivity index (χ1) is 9.54. The van der Waals surface area contributed by atoms with Crippen LogP contribution in [-0.2, 0) is 7.05 Å². The third kappa shape index (κ3) is 2.95. The number of amides is 1. The number of rotatable bonds is 5. The van der Waals surface area contributed by atoms with Crippen LogP contribution in [0, 0.1) is 12.8 Å². The molecular weight excluding hydrogens is 254 g/mol. The van der Waals surface area contributed by atoms with Crippen LogP contribution in [0.25, 0.3) is 0 Å². The number of hydrogen-bond donors (Lipinski definition) is 2. The smallest absolute Gasteiger partial charge is 0.254 e. The van der Waals surface area contributed by atoms with Crippen molar-refractivity contribution >= 4 is 11.7 Å². The van der Waals surface area contributed by atoms with Crippen molar-refractivity contribution in [2.75, 3.05) is 31.6 Å². The highest BCUT2D eigenvalue weighted by molar-refractivity contribution is 5.99. The molecule has 1 aliphatic rings. The van der Waals surface area contributed by atoms with Crippen molar-refractivity contribution < 1.29 is 4.79 Å². The first kappa shape index (κ1) is 14.8. The van der Waals surface area contributed by atoms with Gasteiger partial charge in [-0.1, -0.05) is 0 Å². The molecule has 112 valence electrons. The minimum absolute atomic E-state index is 0.386. The molecule has 6 nitrogen and oxygen atoms in total. The maximum atomic E-state index is 11.6. The molecule has 1 amide bonds. The Morgan fingerprint density at radius 3 is 2.65 bits per heavy atom. The van der Waals surface area contributed by atoms with Gasteiger partial charge >= 0.3 is 0 Å². The molecular formula is C14H25N5O. The van der Waals surface area contributed by atoms with Crippen molar-refractivity contribution in [1.82, 2.24) is 15.1 Å². The lowest BCUT2D eigenvalue weighted by Crippen LogP contribution is -2.36. The van der Waals surface area contributed by atoms with Crippen LogP contribution in [-0.4, -0.2) is 42.4 Å². The van der Waals surface area contributed by atoms with Gasteiger partial charge in [0.05, 0.1) is 5.69 Å². The fraction of sp³-hybridized carbons (Fsp3) is 0.714. The normalized spacial score (nSPS) is 16.6. The van der Waals surface area contributed by atoms with Crippen molar-refractivity contribution in [3.05, 3.63) is 11.3 Å². The summed E-state index contributed by atoms with van der Waals surface area (Å²) in [5.41, 5.74) is 6.79. The molecule has 1 aromatic heterocycles. The maximum absolute atomic E-state index is 11.6. The number of carbonyl (C=O) groups excluding carboxylic acids is 1. The van der Waals surface area contributed by atoms with E-state index in [0.717, 1.165) is 44.2 Å². The van der Waals surface area contributed by atoms with E-state index in [1.165, 1.54) is 6.42 Å². The number of nitrogens with zero attached hydrogens (tertiary/aromatic N) is 3. The molecule has 0 radical (unpaired) electrons. The van der Waals surface area contributed by atoms with E-state index in [1.807, 2.05) is 21.0 Å². The van der Waals surface area contributed by atoms with E-state index in [0.29, 0.717) is 11.3 Å². The Bertz CT molecular complexity index is 474. The van der Waals surface area contributed by atoms with E-state index in [1.54, 1.807) is 4.68 Å². The summed E-state index contributed by atoms with van der Waals surface area (Å²) >= 11 is 0. The molecule has 0 atom stereocenters. The van der Waals surface area contributed by atoms with E-state index >= 15 is 0 Å². The van der Waals surface area contributed by atoms with Gasteiger partial charge < -0.3 is 16.0 Å². The van der Waals surface area contributed by atoms with E-state index in [4.69, 9.17) is 5.73 Å². The molecule has 3 N–H and O–H groups in total. The number of hydrogen-bond acceptors (Lipinski definition) is 4. The van der Waals surface area contributed by atoms with Gasteiger partial charge in [-0.05, 0) is 45.7 Å². The van der Waals surface area contributed by atoms with Gasteiger partial charge in [-0.2, -0.15) is 5.10 Å². The molecule has 0 aliphatic carbocycles. The monoisotopic (exact) mass is 279 g/mol. The molecule has 6 heteroatoms. The third-order valence-corrected chi connectivity index (χ3v) is 4.15. The predicted molar refractivity (Wildman–Crippen MR) is 79.9 cm³/mol. The molecule has 0 spiro atoms. The van der Waals surface area contributed by atoms with Gasteiger partial charge in [-0.25, -0.2) is 0 Å². The third-order valence-electron chi connectivity index (χ3n) is 4.15. The second-order valence-corrected chi connectivity index (χ2v) is 5.59. The molecule has 1 saturated heterocycles. The van der Waals surface area contributed by atoms with Crippen LogP contribution in [0.1, 0.15) is 35.3 Å². The van der Waals surface area contributed by atoms with E-state index in [-0.39, 0.29) is 5.91 Å². The fourth-order valence-corrected chi connectivity index (χ4v) is 3.08. The Kier molecular flexibility index (Phi) is 4.65. The van der Waals surface area contributed by atoms with Gasteiger partial charge in [0.15, 0.2) is 0 Å². The van der Waals surface area contributed by atoms with Gasteiger partial charge in [0, 0.05) is 20.1 Å². The van der Waals surface area contributed by atoms with Crippen LogP contribution in [0.5, 0.6) is 0 Å². The summed E-state index contributed by atoms with van der Waals surface area (Å²) in [5, 5.41) is 7.55. The summed E-state index contributed by atoms with van der Waals surface area (Å²) in [6.07, 6.45) is 3.53. The molecule has 2 heterocycles. The van der Waals surface area contributed by atoms with Crippen LogP contribution >= 0.6 is 0 Å². The van der Waals surface area contributed by atoms with Crippen molar-refractivity contribution in [1.29, 1.82) is 0 Å². The number of aromatic nitrogens is 2. The maximum Gasteiger partial charge on any atom is 0.254 e. The Morgan fingerprint density at radius 2 is 2.10 bits per heavy atom. The number of aryl methyl sites for hydroxylation is 2. The number of anilines is 1. The second-order valence-electron chi connectivity index (χ2n) is 5.59. The van der Waals surface area contributed by atoms with Gasteiger partial charge in [0.2, 0.25) is 0 Å². The highest BCUT2D eigenvalue weighted by atomic mass is 16.1. The predicted octanol–water partition coefficient (Wildman–Crippen LogP) is 0.653. The van der Waals surface area contributed by atoms with Gasteiger partial charge in [0.1, 0.15) is 11.4 Å². The summed E-state index contributed by atoms with van der Waals surface area (Å²) in [7, 11) is 3.87. The van der Waals surface area contributed by atoms with Gasteiger partial charge in [-0.15, -0.1) is 0 Å². The zero-order chi connectivity index (χ0) is 14.7. The van der Waals surface area contributed by atoms with Crippen LogP contribution in [0.4, 0.5) is 5.82 Å². The summed E-state index contributed by atoms with van der Waals surface area (Å²) in [6.45, 7) is 4.84. The topological polar surface area (TPSA) is 76.2 Å². The zero-order valence-electron chi connectivity index (χ0n) is 12.6. The molecule has 0 unspecified atom stereocenters. The first-order valence-electron chi connectivity index (χ1n) is 7.27.